The van der Waals surface area contributed by atoms with E-state index >= 15 is 0 Å². The summed E-state index contributed by atoms with van der Waals surface area (Å²) in [5, 5.41) is 26.4. The molecular formula is C24H38N4O6. The number of aliphatic carboxylic acids is 1. The van der Waals surface area contributed by atoms with Crippen LogP contribution in [0.2, 0.25) is 0 Å². The summed E-state index contributed by atoms with van der Waals surface area (Å²) >= 11 is 0. The summed E-state index contributed by atoms with van der Waals surface area (Å²) in [6.45, 7) is 8.93. The summed E-state index contributed by atoms with van der Waals surface area (Å²) < 4.78 is 0. The van der Waals surface area contributed by atoms with Crippen molar-refractivity contribution in [3.05, 3.63) is 29.8 Å². The minimum Gasteiger partial charge on any atom is -0.508 e. The van der Waals surface area contributed by atoms with Crippen LogP contribution < -0.4 is 21.7 Å². The van der Waals surface area contributed by atoms with Crippen molar-refractivity contribution >= 4 is 23.7 Å². The van der Waals surface area contributed by atoms with Gasteiger partial charge in [-0.15, -0.1) is 0 Å². The maximum absolute atomic E-state index is 12.9. The highest BCUT2D eigenvalue weighted by Crippen LogP contribution is 2.12. The van der Waals surface area contributed by atoms with Gasteiger partial charge in [-0.1, -0.05) is 39.8 Å². The van der Waals surface area contributed by atoms with Crippen LogP contribution in [-0.2, 0) is 25.6 Å². The van der Waals surface area contributed by atoms with Crippen LogP contribution in [0.15, 0.2) is 24.3 Å². The summed E-state index contributed by atoms with van der Waals surface area (Å²) in [7, 11) is 0. The Balaban J connectivity index is 2.77. The lowest BCUT2D eigenvalue weighted by molar-refractivity contribution is -0.142. The predicted molar refractivity (Wildman–Crippen MR) is 128 cm³/mol. The average Bonchev–Trinajstić information content (AvgIpc) is 2.73. The lowest BCUT2D eigenvalue weighted by Crippen LogP contribution is -2.56. The summed E-state index contributed by atoms with van der Waals surface area (Å²) in [5.41, 5.74) is 6.77. The number of carbonyl (C=O) groups is 4. The van der Waals surface area contributed by atoms with Crippen LogP contribution in [0.4, 0.5) is 0 Å². The fourth-order valence-corrected chi connectivity index (χ4v) is 3.33. The average molecular weight is 479 g/mol. The number of aromatic hydroxyl groups is 1. The molecule has 0 saturated carbocycles. The van der Waals surface area contributed by atoms with Gasteiger partial charge in [-0.2, -0.15) is 0 Å². The van der Waals surface area contributed by atoms with E-state index in [1.807, 2.05) is 27.7 Å². The van der Waals surface area contributed by atoms with Crippen molar-refractivity contribution in [1.29, 1.82) is 0 Å². The van der Waals surface area contributed by atoms with E-state index in [2.05, 4.69) is 16.0 Å². The molecule has 0 aliphatic carbocycles. The van der Waals surface area contributed by atoms with Gasteiger partial charge in [0.05, 0.1) is 6.04 Å². The van der Waals surface area contributed by atoms with Gasteiger partial charge in [0.1, 0.15) is 23.9 Å². The van der Waals surface area contributed by atoms with Gasteiger partial charge in [-0.25, -0.2) is 4.79 Å². The maximum Gasteiger partial charge on any atom is 0.326 e. The topological polar surface area (TPSA) is 171 Å². The van der Waals surface area contributed by atoms with Crippen LogP contribution in [-0.4, -0.2) is 58.1 Å². The van der Waals surface area contributed by atoms with E-state index in [-0.39, 0.29) is 30.4 Å². The Hall–Kier alpha value is -3.14. The van der Waals surface area contributed by atoms with E-state index in [9.17, 15) is 29.4 Å². The van der Waals surface area contributed by atoms with Crippen LogP contribution in [0.3, 0.4) is 0 Å². The molecule has 190 valence electrons. The highest BCUT2D eigenvalue weighted by atomic mass is 16.4. The van der Waals surface area contributed by atoms with Gasteiger partial charge in [-0.3, -0.25) is 14.4 Å². The fraction of sp³-hybridized carbons (Fsp3) is 0.583. The third kappa shape index (κ3) is 10.2. The molecule has 1 rings (SSSR count). The number of rotatable bonds is 13. The maximum atomic E-state index is 12.9. The number of nitrogens with one attached hydrogen (secondary N) is 3. The monoisotopic (exact) mass is 478 g/mol. The van der Waals surface area contributed by atoms with E-state index in [4.69, 9.17) is 5.73 Å². The van der Waals surface area contributed by atoms with Gasteiger partial charge in [0, 0.05) is 0 Å². The molecule has 1 aromatic rings. The van der Waals surface area contributed by atoms with E-state index in [1.165, 1.54) is 19.1 Å². The lowest BCUT2D eigenvalue weighted by atomic mass is 10.0. The summed E-state index contributed by atoms with van der Waals surface area (Å²) in [6, 6.07) is 2.42. The Morgan fingerprint density at radius 2 is 1.29 bits per heavy atom. The van der Waals surface area contributed by atoms with Crippen molar-refractivity contribution < 1.29 is 29.4 Å². The first-order chi connectivity index (χ1) is 15.8. The SMILES string of the molecule is CC(C)CC(NC(=O)C(C)NC(=O)C(CC(C)C)NC(=O)C(N)Cc1ccc(O)cc1)C(=O)O. The number of nitrogens with two attached hydrogens (primary N) is 1. The Kier molecular flexibility index (Phi) is 11.5. The van der Waals surface area contributed by atoms with Gasteiger partial charge in [0.2, 0.25) is 17.7 Å². The molecule has 0 aliphatic heterocycles. The molecule has 0 aromatic heterocycles. The molecule has 0 saturated heterocycles. The van der Waals surface area contributed by atoms with Crippen LogP contribution >= 0.6 is 0 Å². The van der Waals surface area contributed by atoms with Crippen LogP contribution in [0, 0.1) is 11.8 Å². The number of phenols is 1. The third-order valence-electron chi connectivity index (χ3n) is 5.14. The van der Waals surface area contributed by atoms with E-state index < -0.39 is 47.9 Å². The first-order valence-electron chi connectivity index (χ1n) is 11.5. The molecule has 0 aliphatic rings. The van der Waals surface area contributed by atoms with Gasteiger partial charge < -0.3 is 31.9 Å². The third-order valence-corrected chi connectivity index (χ3v) is 5.14. The minimum absolute atomic E-state index is 0.0581. The molecule has 7 N–H and O–H groups in total. The minimum atomic E-state index is -1.15. The Morgan fingerprint density at radius 3 is 1.79 bits per heavy atom. The number of benzene rings is 1. The number of hydrogen-bond donors (Lipinski definition) is 6. The number of amides is 3. The lowest BCUT2D eigenvalue weighted by Gasteiger charge is -2.25. The predicted octanol–water partition coefficient (Wildman–Crippen LogP) is 0.913. The van der Waals surface area contributed by atoms with Crippen LogP contribution in [0.5, 0.6) is 5.75 Å². The largest absolute Gasteiger partial charge is 0.508 e. The molecule has 4 unspecified atom stereocenters. The number of phenolic OH excluding ortho intramolecular Hbond substituents is 1. The van der Waals surface area contributed by atoms with Crippen LogP contribution in [0.25, 0.3) is 0 Å². The molecule has 0 spiro atoms. The number of carboxylic acid groups (broad SMARTS) is 1. The molecule has 3 amide bonds. The number of hydrogen-bond acceptors (Lipinski definition) is 6. The fourth-order valence-electron chi connectivity index (χ4n) is 3.33. The zero-order valence-electron chi connectivity index (χ0n) is 20.5. The van der Waals surface area contributed by atoms with Crippen molar-refractivity contribution in [2.45, 2.75) is 78.0 Å². The Morgan fingerprint density at radius 1 is 0.794 bits per heavy atom. The van der Waals surface area contributed by atoms with Gasteiger partial charge in [-0.05, 0) is 55.7 Å². The van der Waals surface area contributed by atoms with Gasteiger partial charge >= 0.3 is 5.97 Å². The Labute approximate surface area is 200 Å². The zero-order chi connectivity index (χ0) is 26.0. The standard InChI is InChI=1S/C24H38N4O6/c1-13(2)10-19(27-22(31)18(25)12-16-6-8-17(29)9-7-16)23(32)26-15(5)21(30)28-20(24(33)34)11-14(3)4/h6-9,13-15,18-20,29H,10-12,25H2,1-5H3,(H,26,32)(H,27,31)(H,28,30)(H,33,34). The van der Waals surface area contributed by atoms with E-state index in [1.54, 1.807) is 12.1 Å². The number of carboxylic acids is 1. The second-order valence-electron chi connectivity index (χ2n) is 9.43. The smallest absolute Gasteiger partial charge is 0.326 e. The first-order valence-corrected chi connectivity index (χ1v) is 11.5. The van der Waals surface area contributed by atoms with Gasteiger partial charge in [0.15, 0.2) is 0 Å². The van der Waals surface area contributed by atoms with Crippen LogP contribution in [0.1, 0.15) is 53.0 Å². The summed E-state index contributed by atoms with van der Waals surface area (Å²) in [6.07, 6.45) is 0.795. The molecule has 4 atom stereocenters. The molecule has 0 radical (unpaired) electrons. The highest BCUT2D eigenvalue weighted by molar-refractivity contribution is 5.93. The van der Waals surface area contributed by atoms with Gasteiger partial charge in [0.25, 0.3) is 0 Å². The van der Waals surface area contributed by atoms with Crippen molar-refractivity contribution in [1.82, 2.24) is 16.0 Å². The van der Waals surface area contributed by atoms with Crippen molar-refractivity contribution in [2.24, 2.45) is 17.6 Å². The molecule has 1 aromatic carbocycles. The summed E-state index contributed by atoms with van der Waals surface area (Å²) in [4.78, 5) is 49.4. The first kappa shape index (κ1) is 28.9. The zero-order valence-corrected chi connectivity index (χ0v) is 20.5. The van der Waals surface area contributed by atoms with Crippen molar-refractivity contribution in [3.63, 3.8) is 0 Å². The quantitative estimate of drug-likeness (QED) is 0.245. The molecule has 0 fully saturated rings. The van der Waals surface area contributed by atoms with Crippen molar-refractivity contribution in [3.8, 4) is 5.75 Å². The molecule has 0 heterocycles. The number of carbonyl (C=O) groups excluding carboxylic acids is 3. The second kappa shape index (κ2) is 13.5. The van der Waals surface area contributed by atoms with E-state index in [0.717, 1.165) is 5.56 Å². The van der Waals surface area contributed by atoms with E-state index in [0.29, 0.717) is 6.42 Å². The summed E-state index contributed by atoms with van der Waals surface area (Å²) in [5.74, 6) is -2.62. The molecule has 10 heteroatoms. The Bertz CT molecular complexity index is 840. The highest BCUT2D eigenvalue weighted by Gasteiger charge is 2.29. The second-order valence-corrected chi connectivity index (χ2v) is 9.43. The van der Waals surface area contributed by atoms with Crippen molar-refractivity contribution in [2.75, 3.05) is 0 Å². The molecule has 0 bridgehead atoms. The molecular weight excluding hydrogens is 440 g/mol. The molecule has 34 heavy (non-hydrogen) atoms. The molecule has 10 nitrogen and oxygen atoms in total. The normalized spacial score (nSPS) is 14.7.